The molecule has 1 aliphatic heterocycles. The number of amides is 1. The molecule has 1 aliphatic carbocycles. The number of aromatic nitrogens is 2. The summed E-state index contributed by atoms with van der Waals surface area (Å²) < 4.78 is 107. The fourth-order valence-corrected chi connectivity index (χ4v) is 4.83. The van der Waals surface area contributed by atoms with Gasteiger partial charge in [0.1, 0.15) is 17.3 Å². The molecule has 4 rings (SSSR count). The van der Waals surface area contributed by atoms with Crippen LogP contribution in [0.3, 0.4) is 0 Å². The third-order valence-electron chi connectivity index (χ3n) is 6.20. The number of likely N-dealkylation sites (tertiary alicyclic amines) is 1. The molecule has 0 spiro atoms. The van der Waals surface area contributed by atoms with Crippen LogP contribution in [0.1, 0.15) is 35.2 Å². The van der Waals surface area contributed by atoms with Crippen LogP contribution in [0.2, 0.25) is 0 Å². The molecule has 1 amide bonds. The van der Waals surface area contributed by atoms with Crippen molar-refractivity contribution >= 4 is 15.7 Å². The molecule has 2 fully saturated rings. The Labute approximate surface area is 196 Å². The Balaban J connectivity index is 1.65. The van der Waals surface area contributed by atoms with Crippen molar-refractivity contribution in [2.24, 2.45) is 5.92 Å². The third kappa shape index (κ3) is 4.80. The van der Waals surface area contributed by atoms with Gasteiger partial charge in [-0.1, -0.05) is 0 Å². The average Bonchev–Trinajstić information content (AvgIpc) is 3.32. The molecule has 1 aromatic carbocycles. The zero-order valence-electron chi connectivity index (χ0n) is 18.3. The first kappa shape index (κ1) is 25.2. The number of piperidine rings is 1. The maximum absolute atomic E-state index is 13.3. The summed E-state index contributed by atoms with van der Waals surface area (Å²) in [7, 11) is -3.81. The number of benzene rings is 1. The van der Waals surface area contributed by atoms with Crippen LogP contribution in [0, 0.1) is 5.92 Å². The van der Waals surface area contributed by atoms with Gasteiger partial charge in [-0.05, 0) is 43.5 Å². The van der Waals surface area contributed by atoms with E-state index in [1.807, 2.05) is 0 Å². The summed E-state index contributed by atoms with van der Waals surface area (Å²) in [6.45, 7) is 0.759. The molecule has 14 heteroatoms. The number of rotatable bonds is 5. The van der Waals surface area contributed by atoms with Crippen molar-refractivity contribution in [1.82, 2.24) is 14.9 Å². The largest absolute Gasteiger partial charge is 0.480 e. The molecule has 0 bridgehead atoms. The lowest BCUT2D eigenvalue weighted by molar-refractivity contribution is -0.189. The summed E-state index contributed by atoms with van der Waals surface area (Å²) in [6, 6.07) is 3.68. The molecule has 190 valence electrons. The van der Waals surface area contributed by atoms with E-state index in [2.05, 4.69) is 9.97 Å². The van der Waals surface area contributed by atoms with E-state index in [1.54, 1.807) is 0 Å². The summed E-state index contributed by atoms with van der Waals surface area (Å²) in [6.07, 6.45) is -9.40. The fourth-order valence-electron chi connectivity index (χ4n) is 4.18. The minimum Gasteiger partial charge on any atom is -0.480 e. The monoisotopic (exact) mass is 523 g/mol. The standard InChI is InChI=1S/C21H19F6N3O4S/c1-11(20(22,23)24)34-15-4-3-13(35(2,32)33)7-14(15)17(31)30-9-12-8-19(12,10-30)18-28-6-5-16(29-18)21(25,26)27/h3-7,11-12H,8-10H2,1-2H3/t11-,12?,19+/m1/s1. The van der Waals surface area contributed by atoms with Crippen LogP contribution in [0.15, 0.2) is 35.4 Å². The number of nitrogens with zero attached hydrogens (tertiary/aromatic N) is 3. The summed E-state index contributed by atoms with van der Waals surface area (Å²) in [5.41, 5.74) is -2.43. The molecule has 2 aliphatic rings. The normalized spacial score (nSPS) is 23.1. The van der Waals surface area contributed by atoms with Crippen molar-refractivity contribution in [2.75, 3.05) is 19.3 Å². The van der Waals surface area contributed by atoms with Crippen molar-refractivity contribution in [3.05, 3.63) is 47.5 Å². The number of carbonyl (C=O) groups excluding carboxylic acids is 1. The van der Waals surface area contributed by atoms with Crippen LogP contribution in [-0.2, 0) is 21.4 Å². The number of sulfone groups is 1. The van der Waals surface area contributed by atoms with Gasteiger partial charge in [0.2, 0.25) is 0 Å². The van der Waals surface area contributed by atoms with Gasteiger partial charge in [-0.15, -0.1) is 0 Å². The molecule has 1 aromatic heterocycles. The Morgan fingerprint density at radius 1 is 1.20 bits per heavy atom. The molecular formula is C21H19F6N3O4S. The zero-order chi connectivity index (χ0) is 26.0. The van der Waals surface area contributed by atoms with Gasteiger partial charge in [-0.2, -0.15) is 26.3 Å². The number of hydrogen-bond donors (Lipinski definition) is 0. The highest BCUT2D eigenvalue weighted by molar-refractivity contribution is 7.90. The number of alkyl halides is 6. The van der Waals surface area contributed by atoms with Crippen LogP contribution in [0.5, 0.6) is 5.75 Å². The lowest BCUT2D eigenvalue weighted by atomic mass is 10.1. The smallest absolute Gasteiger partial charge is 0.433 e. The molecule has 0 N–H and O–H groups in total. The number of ether oxygens (including phenoxy) is 1. The van der Waals surface area contributed by atoms with Crippen LogP contribution in [0.25, 0.3) is 0 Å². The second kappa shape index (κ2) is 8.07. The molecule has 1 saturated heterocycles. The zero-order valence-corrected chi connectivity index (χ0v) is 19.1. The Morgan fingerprint density at radius 3 is 2.49 bits per heavy atom. The second-order valence-corrected chi connectivity index (χ2v) is 10.8. The Morgan fingerprint density at radius 2 is 1.89 bits per heavy atom. The van der Waals surface area contributed by atoms with Gasteiger partial charge in [0.25, 0.3) is 5.91 Å². The number of hydrogen-bond acceptors (Lipinski definition) is 6. The van der Waals surface area contributed by atoms with Gasteiger partial charge >= 0.3 is 12.4 Å². The molecule has 0 radical (unpaired) electrons. The number of halogens is 6. The lowest BCUT2D eigenvalue weighted by Gasteiger charge is -2.24. The molecule has 2 aromatic rings. The minimum absolute atomic E-state index is 0.0697. The first-order valence-electron chi connectivity index (χ1n) is 10.3. The van der Waals surface area contributed by atoms with Gasteiger partial charge in [0.05, 0.1) is 15.9 Å². The maximum Gasteiger partial charge on any atom is 0.433 e. The topological polar surface area (TPSA) is 89.5 Å². The van der Waals surface area contributed by atoms with E-state index in [4.69, 9.17) is 4.74 Å². The van der Waals surface area contributed by atoms with Crippen molar-refractivity contribution in [1.29, 1.82) is 0 Å². The predicted octanol–water partition coefficient (Wildman–Crippen LogP) is 3.64. The molecule has 35 heavy (non-hydrogen) atoms. The molecule has 1 saturated carbocycles. The molecule has 1 unspecified atom stereocenters. The summed E-state index contributed by atoms with van der Waals surface area (Å²) in [5, 5.41) is 0. The van der Waals surface area contributed by atoms with Crippen molar-refractivity contribution in [3.8, 4) is 5.75 Å². The molecule has 3 atom stereocenters. The van der Waals surface area contributed by atoms with Crippen molar-refractivity contribution in [3.63, 3.8) is 0 Å². The molecule has 2 heterocycles. The Hall–Kier alpha value is -2.90. The second-order valence-electron chi connectivity index (χ2n) is 8.74. The summed E-state index contributed by atoms with van der Waals surface area (Å²) in [4.78, 5) is 21.8. The quantitative estimate of drug-likeness (QED) is 0.556. The molecular weight excluding hydrogens is 504 g/mol. The predicted molar refractivity (Wildman–Crippen MR) is 108 cm³/mol. The first-order chi connectivity index (χ1) is 16.0. The van der Waals surface area contributed by atoms with Crippen LogP contribution >= 0.6 is 0 Å². The van der Waals surface area contributed by atoms with E-state index in [1.165, 1.54) is 4.90 Å². The Bertz CT molecular complexity index is 1280. The summed E-state index contributed by atoms with van der Waals surface area (Å²) in [5.74, 6) is -1.58. The van der Waals surface area contributed by atoms with Crippen LogP contribution in [0.4, 0.5) is 26.3 Å². The van der Waals surface area contributed by atoms with E-state index in [9.17, 15) is 39.6 Å². The first-order valence-corrected chi connectivity index (χ1v) is 12.2. The average molecular weight is 523 g/mol. The number of carbonyl (C=O) groups is 1. The van der Waals surface area contributed by atoms with E-state index < -0.39 is 56.6 Å². The van der Waals surface area contributed by atoms with Gasteiger partial charge in [-0.3, -0.25) is 4.79 Å². The molecule has 7 nitrogen and oxygen atoms in total. The highest BCUT2D eigenvalue weighted by Crippen LogP contribution is 2.58. The highest BCUT2D eigenvalue weighted by atomic mass is 32.2. The SMILES string of the molecule is C[C@@H](Oc1ccc(S(C)(=O)=O)cc1C(=O)N1CC2C[C@]2(c2nccc(C(F)(F)F)n2)C1)C(F)(F)F. The van der Waals surface area contributed by atoms with Crippen molar-refractivity contribution < 1.29 is 44.3 Å². The van der Waals surface area contributed by atoms with E-state index in [0.717, 1.165) is 43.6 Å². The van der Waals surface area contributed by atoms with Crippen LogP contribution < -0.4 is 4.74 Å². The van der Waals surface area contributed by atoms with E-state index in [0.29, 0.717) is 6.42 Å². The van der Waals surface area contributed by atoms with Gasteiger partial charge in [0.15, 0.2) is 15.9 Å². The van der Waals surface area contributed by atoms with E-state index >= 15 is 0 Å². The maximum atomic E-state index is 13.3. The number of fused-ring (bicyclic) bond motifs is 1. The Kier molecular flexibility index (Phi) is 5.81. The van der Waals surface area contributed by atoms with E-state index in [-0.39, 0.29) is 29.7 Å². The van der Waals surface area contributed by atoms with Gasteiger partial charge < -0.3 is 9.64 Å². The van der Waals surface area contributed by atoms with Crippen molar-refractivity contribution in [2.45, 2.75) is 42.1 Å². The minimum atomic E-state index is -4.74. The van der Waals surface area contributed by atoms with Gasteiger partial charge in [0, 0.05) is 25.5 Å². The summed E-state index contributed by atoms with van der Waals surface area (Å²) >= 11 is 0. The fraction of sp³-hybridized carbons (Fsp3) is 0.476. The third-order valence-corrected chi connectivity index (χ3v) is 7.31. The van der Waals surface area contributed by atoms with Gasteiger partial charge in [-0.25, -0.2) is 18.4 Å². The lowest BCUT2D eigenvalue weighted by Crippen LogP contribution is -2.35. The van der Waals surface area contributed by atoms with Crippen LogP contribution in [-0.4, -0.2) is 60.8 Å². The highest BCUT2D eigenvalue weighted by Gasteiger charge is 2.64.